The van der Waals surface area contributed by atoms with E-state index in [0.717, 1.165) is 31.5 Å². The Labute approximate surface area is 95.6 Å². The molecule has 0 aliphatic rings. The van der Waals surface area contributed by atoms with Gasteiger partial charge in [-0.2, -0.15) is 0 Å². The molecule has 0 saturated heterocycles. The van der Waals surface area contributed by atoms with E-state index < -0.39 is 0 Å². The zero-order valence-electron chi connectivity index (χ0n) is 10.2. The van der Waals surface area contributed by atoms with Crippen LogP contribution >= 0.6 is 0 Å². The van der Waals surface area contributed by atoms with Crippen LogP contribution in [0.5, 0.6) is 0 Å². The molecule has 0 aliphatic carbocycles. The molecular weight excluding hydrogens is 206 g/mol. The van der Waals surface area contributed by atoms with Gasteiger partial charge in [-0.1, -0.05) is 20.3 Å². The normalized spacial score (nSPS) is 10.7. The largest absolute Gasteiger partial charge is 0.358 e. The van der Waals surface area contributed by atoms with Crippen molar-refractivity contribution in [2.24, 2.45) is 0 Å². The van der Waals surface area contributed by atoms with E-state index in [1.54, 1.807) is 11.5 Å². The summed E-state index contributed by atoms with van der Waals surface area (Å²) in [6.07, 6.45) is 3.92. The Morgan fingerprint density at radius 1 is 1.38 bits per heavy atom. The lowest BCUT2D eigenvalue weighted by Gasteiger charge is -2.03. The van der Waals surface area contributed by atoms with Gasteiger partial charge in [0.2, 0.25) is 0 Å². The molecule has 0 atom stereocenters. The van der Waals surface area contributed by atoms with Gasteiger partial charge in [-0.15, -0.1) is 0 Å². The minimum Gasteiger partial charge on any atom is -0.358 e. The molecule has 0 bridgehead atoms. The van der Waals surface area contributed by atoms with Gasteiger partial charge in [-0.3, -0.25) is 0 Å². The number of nitrogens with zero attached hydrogens (tertiary/aromatic N) is 3. The fourth-order valence-corrected chi connectivity index (χ4v) is 1.88. The molecule has 0 aliphatic heterocycles. The van der Waals surface area contributed by atoms with Crippen molar-refractivity contribution in [3.05, 3.63) is 21.6 Å². The van der Waals surface area contributed by atoms with Crippen molar-refractivity contribution in [3.8, 4) is 0 Å². The Hall–Kier alpha value is -1.39. The maximum absolute atomic E-state index is 10.9. The number of unbranched alkanes of at least 4 members (excludes halogenated alkanes) is 2. The van der Waals surface area contributed by atoms with Gasteiger partial charge in [0, 0.05) is 6.42 Å². The second kappa shape index (κ2) is 5.63. The summed E-state index contributed by atoms with van der Waals surface area (Å²) in [6, 6.07) is 0. The summed E-state index contributed by atoms with van der Waals surface area (Å²) in [6.45, 7) is 6.50. The minimum absolute atomic E-state index is 0.160. The zero-order chi connectivity index (χ0) is 12.1. The van der Waals surface area contributed by atoms with E-state index in [0.29, 0.717) is 12.2 Å². The molecule has 0 aromatic carbocycles. The van der Waals surface area contributed by atoms with Gasteiger partial charge in [0.15, 0.2) is 5.82 Å². The first kappa shape index (κ1) is 12.7. The van der Waals surface area contributed by atoms with Crippen molar-refractivity contribution in [1.82, 2.24) is 9.55 Å². The van der Waals surface area contributed by atoms with Crippen molar-refractivity contribution in [1.29, 1.82) is 0 Å². The molecule has 0 fully saturated rings. The van der Waals surface area contributed by atoms with E-state index in [4.69, 9.17) is 0 Å². The van der Waals surface area contributed by atoms with Crippen LogP contribution in [0.3, 0.4) is 0 Å². The summed E-state index contributed by atoms with van der Waals surface area (Å²) >= 11 is 0. The van der Waals surface area contributed by atoms with Crippen LogP contribution in [-0.4, -0.2) is 14.5 Å². The third kappa shape index (κ3) is 2.59. The van der Waals surface area contributed by atoms with Gasteiger partial charge in [-0.05, 0) is 24.7 Å². The number of imidazole rings is 1. The average molecular weight is 225 g/mol. The number of aryl methyl sites for hydroxylation is 2. The maximum Gasteiger partial charge on any atom is 0.345 e. The first-order valence-electron chi connectivity index (χ1n) is 5.82. The summed E-state index contributed by atoms with van der Waals surface area (Å²) in [5, 5.41) is 10.9. The predicted molar refractivity (Wildman–Crippen MR) is 62.5 cm³/mol. The van der Waals surface area contributed by atoms with Crippen molar-refractivity contribution >= 4 is 5.82 Å². The van der Waals surface area contributed by atoms with Crippen LogP contribution in [-0.2, 0) is 13.0 Å². The number of hydrogen-bond donors (Lipinski definition) is 0. The fourth-order valence-electron chi connectivity index (χ4n) is 1.88. The molecule has 0 N–H and O–H groups in total. The molecule has 0 spiro atoms. The first-order chi connectivity index (χ1) is 7.61. The Morgan fingerprint density at radius 2 is 2.06 bits per heavy atom. The second-order valence-corrected chi connectivity index (χ2v) is 3.91. The summed E-state index contributed by atoms with van der Waals surface area (Å²) in [4.78, 5) is 14.9. The van der Waals surface area contributed by atoms with Crippen molar-refractivity contribution in [3.63, 3.8) is 0 Å². The van der Waals surface area contributed by atoms with E-state index in [9.17, 15) is 10.1 Å². The maximum atomic E-state index is 10.9. The van der Waals surface area contributed by atoms with Gasteiger partial charge in [0.25, 0.3) is 0 Å². The van der Waals surface area contributed by atoms with Gasteiger partial charge in [-0.25, -0.2) is 9.55 Å². The molecule has 5 heteroatoms. The van der Waals surface area contributed by atoms with Crippen LogP contribution in [0.15, 0.2) is 0 Å². The molecule has 0 saturated carbocycles. The predicted octanol–water partition coefficient (Wildman–Crippen LogP) is 2.85. The number of hydrogen-bond acceptors (Lipinski definition) is 3. The van der Waals surface area contributed by atoms with Crippen molar-refractivity contribution < 1.29 is 4.92 Å². The average Bonchev–Trinajstić information content (AvgIpc) is 2.55. The van der Waals surface area contributed by atoms with Gasteiger partial charge >= 0.3 is 5.82 Å². The summed E-state index contributed by atoms with van der Waals surface area (Å²) in [5.41, 5.74) is 0.526. The third-order valence-corrected chi connectivity index (χ3v) is 2.66. The van der Waals surface area contributed by atoms with Gasteiger partial charge < -0.3 is 10.1 Å². The molecule has 16 heavy (non-hydrogen) atoms. The van der Waals surface area contributed by atoms with E-state index in [1.807, 2.05) is 6.92 Å². The lowest BCUT2D eigenvalue weighted by atomic mass is 10.2. The first-order valence-corrected chi connectivity index (χ1v) is 5.82. The smallest absolute Gasteiger partial charge is 0.345 e. The van der Waals surface area contributed by atoms with E-state index in [2.05, 4.69) is 11.9 Å². The van der Waals surface area contributed by atoms with Crippen LogP contribution in [0.4, 0.5) is 5.82 Å². The lowest BCUT2D eigenvalue weighted by molar-refractivity contribution is -0.392. The minimum atomic E-state index is -0.326. The molecule has 1 aromatic heterocycles. The molecule has 0 amide bonds. The zero-order valence-corrected chi connectivity index (χ0v) is 10.2. The van der Waals surface area contributed by atoms with Crippen LogP contribution < -0.4 is 0 Å². The Balaban J connectivity index is 2.97. The topological polar surface area (TPSA) is 61.0 Å². The molecule has 0 unspecified atom stereocenters. The van der Waals surface area contributed by atoms with Crippen LogP contribution in [0.2, 0.25) is 0 Å². The fraction of sp³-hybridized carbons (Fsp3) is 0.727. The molecule has 5 nitrogen and oxygen atoms in total. The highest BCUT2D eigenvalue weighted by atomic mass is 16.6. The van der Waals surface area contributed by atoms with Crippen LogP contribution in [0, 0.1) is 17.0 Å². The quantitative estimate of drug-likeness (QED) is 0.425. The Bertz CT molecular complexity index is 372. The highest BCUT2D eigenvalue weighted by molar-refractivity contribution is 5.29. The summed E-state index contributed by atoms with van der Waals surface area (Å²) in [7, 11) is 0. The van der Waals surface area contributed by atoms with Gasteiger partial charge in [0.1, 0.15) is 5.69 Å². The van der Waals surface area contributed by atoms with E-state index in [1.165, 1.54) is 0 Å². The molecule has 1 aromatic rings. The molecule has 0 radical (unpaired) electrons. The second-order valence-electron chi connectivity index (χ2n) is 3.91. The lowest BCUT2D eigenvalue weighted by Crippen LogP contribution is -2.07. The third-order valence-electron chi connectivity index (χ3n) is 2.66. The van der Waals surface area contributed by atoms with Crippen LogP contribution in [0.1, 0.15) is 44.6 Å². The SMILES string of the molecule is CCCCCn1c(CC)nc(C)c1[N+](=O)[O-]. The number of rotatable bonds is 6. The standard InChI is InChI=1S/C11H19N3O2/c1-4-6-7-8-13-10(5-2)12-9(3)11(13)14(15)16/h4-8H2,1-3H3. The highest BCUT2D eigenvalue weighted by Gasteiger charge is 2.22. The number of aromatic nitrogens is 2. The van der Waals surface area contributed by atoms with Crippen molar-refractivity contribution in [2.45, 2.75) is 53.0 Å². The molecule has 1 heterocycles. The Morgan fingerprint density at radius 3 is 2.56 bits per heavy atom. The van der Waals surface area contributed by atoms with Crippen LogP contribution in [0.25, 0.3) is 0 Å². The highest BCUT2D eigenvalue weighted by Crippen LogP contribution is 2.21. The Kier molecular flexibility index (Phi) is 4.46. The van der Waals surface area contributed by atoms with E-state index >= 15 is 0 Å². The van der Waals surface area contributed by atoms with Crippen molar-refractivity contribution in [2.75, 3.05) is 0 Å². The molecule has 90 valence electrons. The monoisotopic (exact) mass is 225 g/mol. The summed E-state index contributed by atoms with van der Waals surface area (Å²) < 4.78 is 1.75. The van der Waals surface area contributed by atoms with E-state index in [-0.39, 0.29) is 10.7 Å². The molecular formula is C11H19N3O2. The van der Waals surface area contributed by atoms with Gasteiger partial charge in [0.05, 0.1) is 6.54 Å². The number of nitro groups is 1. The summed E-state index contributed by atoms with van der Waals surface area (Å²) in [5.74, 6) is 0.980. The molecule has 1 rings (SSSR count).